The van der Waals surface area contributed by atoms with E-state index in [4.69, 9.17) is 9.84 Å². The second kappa shape index (κ2) is 5.93. The largest absolute Gasteiger partial charge is 0.497 e. The highest BCUT2D eigenvalue weighted by Gasteiger charge is 2.31. The van der Waals surface area contributed by atoms with Gasteiger partial charge >= 0.3 is 0 Å². The summed E-state index contributed by atoms with van der Waals surface area (Å²) in [6, 6.07) is 4.81. The first-order valence-electron chi connectivity index (χ1n) is 7.06. The summed E-state index contributed by atoms with van der Waals surface area (Å²) in [6.07, 6.45) is 1.17. The Balaban J connectivity index is 2.24. The molecule has 1 heterocycles. The van der Waals surface area contributed by atoms with E-state index < -0.39 is 0 Å². The van der Waals surface area contributed by atoms with Crippen LogP contribution in [0.3, 0.4) is 0 Å². The smallest absolute Gasteiger partial charge is 0.119 e. The number of hydrogen-bond acceptors (Lipinski definition) is 3. The number of aliphatic hydroxyl groups excluding tert-OH is 1. The summed E-state index contributed by atoms with van der Waals surface area (Å²) in [5.74, 6) is 1.52. The zero-order valence-corrected chi connectivity index (χ0v) is 12.4. The van der Waals surface area contributed by atoms with Crippen LogP contribution in [0.2, 0.25) is 0 Å². The van der Waals surface area contributed by atoms with Gasteiger partial charge in [-0.15, -0.1) is 0 Å². The van der Waals surface area contributed by atoms with Gasteiger partial charge in [0, 0.05) is 19.1 Å². The minimum absolute atomic E-state index is 0.248. The van der Waals surface area contributed by atoms with Gasteiger partial charge in [-0.3, -0.25) is 4.90 Å². The normalized spacial score (nSPS) is 23.8. The van der Waals surface area contributed by atoms with Crippen molar-refractivity contribution in [2.75, 3.05) is 26.8 Å². The third kappa shape index (κ3) is 2.93. The van der Waals surface area contributed by atoms with E-state index in [0.29, 0.717) is 12.0 Å². The maximum absolute atomic E-state index is 9.12. The van der Waals surface area contributed by atoms with Crippen molar-refractivity contribution < 1.29 is 9.84 Å². The molecule has 0 amide bonds. The molecule has 0 aromatic heterocycles. The molecule has 1 aromatic carbocycles. The van der Waals surface area contributed by atoms with E-state index in [1.54, 1.807) is 7.11 Å². The summed E-state index contributed by atoms with van der Waals surface area (Å²) in [5.41, 5.74) is 4.10. The van der Waals surface area contributed by atoms with Crippen molar-refractivity contribution in [1.29, 1.82) is 0 Å². The lowest BCUT2D eigenvalue weighted by Gasteiger charge is -2.20. The number of aryl methyl sites for hydroxylation is 2. The lowest BCUT2D eigenvalue weighted by molar-refractivity contribution is 0.191. The van der Waals surface area contributed by atoms with Gasteiger partial charge in [-0.25, -0.2) is 0 Å². The van der Waals surface area contributed by atoms with Crippen molar-refractivity contribution in [3.63, 3.8) is 0 Å². The van der Waals surface area contributed by atoms with Gasteiger partial charge in [-0.1, -0.05) is 0 Å². The standard InChI is InChI=1S/C16H25NO2/c1-11-7-15(19-4)8-12(2)16(11)14-9-13(3)17(10-14)5-6-18/h7-8,13-14,18H,5-6,9-10H2,1-4H3. The van der Waals surface area contributed by atoms with E-state index in [-0.39, 0.29) is 6.61 Å². The van der Waals surface area contributed by atoms with Crippen LogP contribution in [0.5, 0.6) is 5.75 Å². The van der Waals surface area contributed by atoms with Crippen molar-refractivity contribution in [3.05, 3.63) is 28.8 Å². The summed E-state index contributed by atoms with van der Waals surface area (Å²) in [6.45, 7) is 8.68. The van der Waals surface area contributed by atoms with E-state index in [1.807, 2.05) is 0 Å². The predicted octanol–water partition coefficient (Wildman–Crippen LogP) is 2.48. The average Bonchev–Trinajstić information content (AvgIpc) is 2.70. The van der Waals surface area contributed by atoms with Gasteiger partial charge in [0.25, 0.3) is 0 Å². The van der Waals surface area contributed by atoms with Crippen molar-refractivity contribution >= 4 is 0 Å². The highest BCUT2D eigenvalue weighted by molar-refractivity contribution is 5.43. The molecular weight excluding hydrogens is 238 g/mol. The summed E-state index contributed by atoms with van der Waals surface area (Å²) < 4.78 is 5.33. The number of rotatable bonds is 4. The summed E-state index contributed by atoms with van der Waals surface area (Å²) in [7, 11) is 1.72. The Hall–Kier alpha value is -1.06. The molecule has 0 radical (unpaired) electrons. The number of β-amino-alcohol motifs (C(OH)–C–C–N with tert-alkyl or cyclic N) is 1. The zero-order chi connectivity index (χ0) is 14.0. The van der Waals surface area contributed by atoms with Gasteiger partial charge in [0.15, 0.2) is 0 Å². The van der Waals surface area contributed by atoms with Crippen LogP contribution in [-0.2, 0) is 0 Å². The molecule has 2 rings (SSSR count). The van der Waals surface area contributed by atoms with Gasteiger partial charge in [0.05, 0.1) is 13.7 Å². The molecular formula is C16H25NO2. The first-order chi connectivity index (χ1) is 9.06. The van der Waals surface area contributed by atoms with Gasteiger partial charge < -0.3 is 9.84 Å². The van der Waals surface area contributed by atoms with Crippen LogP contribution >= 0.6 is 0 Å². The third-order valence-corrected chi connectivity index (χ3v) is 4.30. The zero-order valence-electron chi connectivity index (χ0n) is 12.4. The molecule has 1 aliphatic heterocycles. The molecule has 1 fully saturated rings. The van der Waals surface area contributed by atoms with Crippen molar-refractivity contribution in [2.24, 2.45) is 0 Å². The molecule has 1 saturated heterocycles. The number of likely N-dealkylation sites (tertiary alicyclic amines) is 1. The van der Waals surface area contributed by atoms with Crippen molar-refractivity contribution in [1.82, 2.24) is 4.90 Å². The molecule has 106 valence electrons. The van der Waals surface area contributed by atoms with Crippen LogP contribution in [-0.4, -0.2) is 42.9 Å². The number of benzene rings is 1. The maximum atomic E-state index is 9.12. The molecule has 1 aromatic rings. The SMILES string of the molecule is COc1cc(C)c(C2CC(C)N(CCO)C2)c(C)c1. The molecule has 0 aliphatic carbocycles. The molecule has 2 atom stereocenters. The van der Waals surface area contributed by atoms with Gasteiger partial charge in [0.2, 0.25) is 0 Å². The number of aliphatic hydroxyl groups is 1. The van der Waals surface area contributed by atoms with Crippen LogP contribution in [0, 0.1) is 13.8 Å². The summed E-state index contributed by atoms with van der Waals surface area (Å²) >= 11 is 0. The second-order valence-electron chi connectivity index (χ2n) is 5.68. The molecule has 3 heteroatoms. The van der Waals surface area contributed by atoms with Crippen LogP contribution in [0.15, 0.2) is 12.1 Å². The van der Waals surface area contributed by atoms with Gasteiger partial charge in [0.1, 0.15) is 5.75 Å². The van der Waals surface area contributed by atoms with Gasteiger partial charge in [-0.05, 0) is 61.9 Å². The molecule has 1 aliphatic rings. The molecule has 0 spiro atoms. The quantitative estimate of drug-likeness (QED) is 0.906. The number of hydrogen-bond donors (Lipinski definition) is 1. The molecule has 3 nitrogen and oxygen atoms in total. The van der Waals surface area contributed by atoms with E-state index in [1.165, 1.54) is 23.1 Å². The number of methoxy groups -OCH3 is 1. The van der Waals surface area contributed by atoms with Crippen LogP contribution < -0.4 is 4.74 Å². The Morgan fingerprint density at radius 2 is 1.95 bits per heavy atom. The first-order valence-corrected chi connectivity index (χ1v) is 7.06. The highest BCUT2D eigenvalue weighted by atomic mass is 16.5. The van der Waals surface area contributed by atoms with E-state index in [9.17, 15) is 0 Å². The number of nitrogens with zero attached hydrogens (tertiary/aromatic N) is 1. The fraction of sp³-hybridized carbons (Fsp3) is 0.625. The first kappa shape index (κ1) is 14.4. The molecule has 0 saturated carbocycles. The third-order valence-electron chi connectivity index (χ3n) is 4.30. The van der Waals surface area contributed by atoms with E-state index in [2.05, 4.69) is 37.8 Å². The average molecular weight is 263 g/mol. The Labute approximate surface area is 116 Å². The van der Waals surface area contributed by atoms with Crippen LogP contribution in [0.4, 0.5) is 0 Å². The van der Waals surface area contributed by atoms with E-state index >= 15 is 0 Å². The molecule has 19 heavy (non-hydrogen) atoms. The maximum Gasteiger partial charge on any atom is 0.119 e. The lowest BCUT2D eigenvalue weighted by Crippen LogP contribution is -2.30. The van der Waals surface area contributed by atoms with Gasteiger partial charge in [-0.2, -0.15) is 0 Å². The van der Waals surface area contributed by atoms with Crippen LogP contribution in [0.25, 0.3) is 0 Å². The predicted molar refractivity (Wildman–Crippen MR) is 77.9 cm³/mol. The molecule has 1 N–H and O–H groups in total. The fourth-order valence-corrected chi connectivity index (χ4v) is 3.44. The minimum Gasteiger partial charge on any atom is -0.497 e. The van der Waals surface area contributed by atoms with Crippen molar-refractivity contribution in [2.45, 2.75) is 39.2 Å². The number of ether oxygens (including phenoxy) is 1. The topological polar surface area (TPSA) is 32.7 Å². The summed E-state index contributed by atoms with van der Waals surface area (Å²) in [5, 5.41) is 9.12. The second-order valence-corrected chi connectivity index (χ2v) is 5.68. The highest BCUT2D eigenvalue weighted by Crippen LogP contribution is 2.36. The lowest BCUT2D eigenvalue weighted by atomic mass is 9.89. The van der Waals surface area contributed by atoms with Crippen molar-refractivity contribution in [3.8, 4) is 5.75 Å². The Kier molecular flexibility index (Phi) is 4.48. The molecule has 2 unspecified atom stereocenters. The van der Waals surface area contributed by atoms with E-state index in [0.717, 1.165) is 18.8 Å². The molecule has 0 bridgehead atoms. The Morgan fingerprint density at radius 3 is 2.47 bits per heavy atom. The fourth-order valence-electron chi connectivity index (χ4n) is 3.44. The summed E-state index contributed by atoms with van der Waals surface area (Å²) in [4.78, 5) is 2.38. The Morgan fingerprint density at radius 1 is 1.32 bits per heavy atom. The Bertz CT molecular complexity index is 421. The minimum atomic E-state index is 0.248. The van der Waals surface area contributed by atoms with Crippen LogP contribution in [0.1, 0.15) is 36.0 Å². The monoisotopic (exact) mass is 263 g/mol.